The first-order valence-corrected chi connectivity index (χ1v) is 4.34. The Bertz CT molecular complexity index is 211. The molecule has 1 aliphatic heterocycles. The third-order valence-corrected chi connectivity index (χ3v) is 2.30. The summed E-state index contributed by atoms with van der Waals surface area (Å²) in [6.07, 6.45) is -3.83. The van der Waals surface area contributed by atoms with Gasteiger partial charge in [0.2, 0.25) is 0 Å². The number of nitrogens with zero attached hydrogens (tertiary/aromatic N) is 1. The zero-order valence-electron chi connectivity index (χ0n) is 7.80. The maximum atomic E-state index is 12.0. The van der Waals surface area contributed by atoms with Crippen molar-refractivity contribution in [3.63, 3.8) is 0 Å². The first-order chi connectivity index (χ1) is 6.43. The Morgan fingerprint density at radius 1 is 1.36 bits per heavy atom. The normalized spacial score (nSPS) is 19.4. The molecule has 0 unspecified atom stereocenters. The Balaban J connectivity index is 2.55. The third kappa shape index (κ3) is 2.60. The van der Waals surface area contributed by atoms with Crippen molar-refractivity contribution in [3.05, 3.63) is 0 Å². The molecule has 1 fully saturated rings. The van der Waals surface area contributed by atoms with E-state index < -0.39 is 12.1 Å². The van der Waals surface area contributed by atoms with Crippen LogP contribution in [0, 0.1) is 0 Å². The van der Waals surface area contributed by atoms with E-state index in [1.807, 2.05) is 0 Å². The predicted molar refractivity (Wildman–Crippen MR) is 42.7 cm³/mol. The van der Waals surface area contributed by atoms with Gasteiger partial charge in [0.15, 0.2) is 0 Å². The summed E-state index contributed by atoms with van der Waals surface area (Å²) in [4.78, 5) is 11.6. The van der Waals surface area contributed by atoms with Gasteiger partial charge in [-0.3, -0.25) is 4.79 Å². The molecule has 0 bridgehead atoms. The van der Waals surface area contributed by atoms with Gasteiger partial charge in [0, 0.05) is 26.3 Å². The topological polar surface area (TPSA) is 29.5 Å². The van der Waals surface area contributed by atoms with E-state index in [2.05, 4.69) is 0 Å². The van der Waals surface area contributed by atoms with E-state index in [1.165, 1.54) is 7.05 Å². The van der Waals surface area contributed by atoms with Crippen LogP contribution >= 0.6 is 0 Å². The molecule has 0 spiro atoms. The van der Waals surface area contributed by atoms with Crippen LogP contribution in [0.25, 0.3) is 0 Å². The zero-order chi connectivity index (χ0) is 10.8. The lowest BCUT2D eigenvalue weighted by atomic mass is 10.1. The fourth-order valence-corrected chi connectivity index (χ4v) is 1.44. The average Bonchev–Trinajstić information content (AvgIpc) is 2.15. The van der Waals surface area contributed by atoms with Crippen molar-refractivity contribution in [2.45, 2.75) is 25.1 Å². The molecule has 0 aliphatic carbocycles. The van der Waals surface area contributed by atoms with Gasteiger partial charge < -0.3 is 9.64 Å². The fraction of sp³-hybridized carbons (Fsp3) is 0.875. The van der Waals surface area contributed by atoms with Crippen LogP contribution in [0.2, 0.25) is 0 Å². The van der Waals surface area contributed by atoms with Crippen LogP contribution in [0.5, 0.6) is 0 Å². The van der Waals surface area contributed by atoms with Crippen molar-refractivity contribution in [1.82, 2.24) is 4.90 Å². The van der Waals surface area contributed by atoms with Crippen LogP contribution in [0.3, 0.4) is 0 Å². The highest BCUT2D eigenvalue weighted by atomic mass is 19.4. The summed E-state index contributed by atoms with van der Waals surface area (Å²) >= 11 is 0. The first-order valence-electron chi connectivity index (χ1n) is 4.34. The highest BCUT2D eigenvalue weighted by Gasteiger charge is 2.43. The molecule has 3 nitrogen and oxygen atoms in total. The highest BCUT2D eigenvalue weighted by molar-refractivity contribution is 5.81. The maximum absolute atomic E-state index is 12.0. The van der Waals surface area contributed by atoms with Crippen molar-refractivity contribution in [2.75, 3.05) is 20.3 Å². The van der Waals surface area contributed by atoms with Gasteiger partial charge in [0.25, 0.3) is 0 Å². The minimum Gasteiger partial charge on any atom is -0.381 e. The molecule has 14 heavy (non-hydrogen) atoms. The smallest absolute Gasteiger partial charge is 0.381 e. The minimum absolute atomic E-state index is 0.349. The second-order valence-electron chi connectivity index (χ2n) is 3.26. The number of rotatable bonds is 1. The second kappa shape index (κ2) is 4.16. The van der Waals surface area contributed by atoms with E-state index in [4.69, 9.17) is 4.74 Å². The average molecular weight is 211 g/mol. The summed E-state index contributed by atoms with van der Waals surface area (Å²) in [6, 6.07) is -0.349. The van der Waals surface area contributed by atoms with E-state index in [1.54, 1.807) is 0 Å². The summed E-state index contributed by atoms with van der Waals surface area (Å²) in [6.45, 7) is 0.834. The lowest BCUT2D eigenvalue weighted by molar-refractivity contribution is -0.187. The Kier molecular flexibility index (Phi) is 3.36. The molecule has 0 aromatic carbocycles. The van der Waals surface area contributed by atoms with Crippen molar-refractivity contribution in [3.8, 4) is 0 Å². The van der Waals surface area contributed by atoms with Gasteiger partial charge in [0.1, 0.15) is 0 Å². The molecule has 0 aromatic rings. The molecular weight excluding hydrogens is 199 g/mol. The predicted octanol–water partition coefficient (Wildman–Crippen LogP) is 1.19. The number of halogens is 3. The standard InChI is InChI=1S/C8H12F3NO2/c1-12(7(13)8(9,10)11)6-2-4-14-5-3-6/h6H,2-5H2,1H3. The summed E-state index contributed by atoms with van der Waals surface area (Å²) in [5, 5.41) is 0. The summed E-state index contributed by atoms with van der Waals surface area (Å²) < 4.78 is 41.1. The summed E-state index contributed by atoms with van der Waals surface area (Å²) in [5.74, 6) is -1.77. The molecule has 1 saturated heterocycles. The lowest BCUT2D eigenvalue weighted by Crippen LogP contribution is -2.46. The third-order valence-electron chi connectivity index (χ3n) is 2.30. The van der Waals surface area contributed by atoms with Crippen LogP contribution in [-0.4, -0.2) is 43.3 Å². The van der Waals surface area contributed by atoms with Crippen LogP contribution in [0.15, 0.2) is 0 Å². The highest BCUT2D eigenvalue weighted by Crippen LogP contribution is 2.22. The van der Waals surface area contributed by atoms with E-state index in [9.17, 15) is 18.0 Å². The molecule has 6 heteroatoms. The quantitative estimate of drug-likeness (QED) is 0.652. The Hall–Kier alpha value is -0.780. The van der Waals surface area contributed by atoms with Crippen molar-refractivity contribution < 1.29 is 22.7 Å². The maximum Gasteiger partial charge on any atom is 0.471 e. The molecule has 1 amide bonds. The van der Waals surface area contributed by atoms with Gasteiger partial charge in [0.05, 0.1) is 0 Å². The molecule has 0 saturated carbocycles. The SMILES string of the molecule is CN(C(=O)C(F)(F)F)C1CCOCC1. The van der Waals surface area contributed by atoms with Crippen molar-refractivity contribution >= 4 is 5.91 Å². The molecule has 1 heterocycles. The second-order valence-corrected chi connectivity index (χ2v) is 3.26. The monoisotopic (exact) mass is 211 g/mol. The zero-order valence-corrected chi connectivity index (χ0v) is 7.80. The van der Waals surface area contributed by atoms with Gasteiger partial charge in [-0.15, -0.1) is 0 Å². The number of alkyl halides is 3. The first kappa shape index (κ1) is 11.3. The fourth-order valence-electron chi connectivity index (χ4n) is 1.44. The Morgan fingerprint density at radius 3 is 2.29 bits per heavy atom. The number of carbonyl (C=O) groups is 1. The van der Waals surface area contributed by atoms with Crippen LogP contribution < -0.4 is 0 Å². The molecular formula is C8H12F3NO2. The van der Waals surface area contributed by atoms with Crippen LogP contribution in [-0.2, 0) is 9.53 Å². The van der Waals surface area contributed by atoms with E-state index >= 15 is 0 Å². The van der Waals surface area contributed by atoms with Gasteiger partial charge in [-0.1, -0.05) is 0 Å². The Labute approximate surface area is 79.8 Å². The molecule has 1 aliphatic rings. The van der Waals surface area contributed by atoms with Gasteiger partial charge in [-0.25, -0.2) is 0 Å². The number of hydrogen-bond acceptors (Lipinski definition) is 2. The van der Waals surface area contributed by atoms with Crippen molar-refractivity contribution in [2.24, 2.45) is 0 Å². The lowest BCUT2D eigenvalue weighted by Gasteiger charge is -2.31. The Morgan fingerprint density at radius 2 is 1.86 bits per heavy atom. The van der Waals surface area contributed by atoms with Crippen LogP contribution in [0.4, 0.5) is 13.2 Å². The van der Waals surface area contributed by atoms with E-state index in [-0.39, 0.29) is 6.04 Å². The molecule has 82 valence electrons. The minimum atomic E-state index is -4.77. The molecule has 1 rings (SSSR count). The van der Waals surface area contributed by atoms with Gasteiger partial charge >= 0.3 is 12.1 Å². The molecule has 0 aromatic heterocycles. The van der Waals surface area contributed by atoms with E-state index in [0.717, 1.165) is 4.90 Å². The summed E-state index contributed by atoms with van der Waals surface area (Å²) in [5.41, 5.74) is 0. The molecule has 0 N–H and O–H groups in total. The van der Waals surface area contributed by atoms with Gasteiger partial charge in [-0.05, 0) is 12.8 Å². The number of carbonyl (C=O) groups excluding carboxylic acids is 1. The number of ether oxygens (including phenoxy) is 1. The van der Waals surface area contributed by atoms with E-state index in [0.29, 0.717) is 26.1 Å². The molecule has 0 atom stereocenters. The molecule has 0 radical (unpaired) electrons. The number of hydrogen-bond donors (Lipinski definition) is 0. The largest absolute Gasteiger partial charge is 0.471 e. The van der Waals surface area contributed by atoms with Crippen LogP contribution in [0.1, 0.15) is 12.8 Å². The number of amides is 1. The summed E-state index contributed by atoms with van der Waals surface area (Å²) in [7, 11) is 1.19. The van der Waals surface area contributed by atoms with Crippen molar-refractivity contribution in [1.29, 1.82) is 0 Å². The van der Waals surface area contributed by atoms with Gasteiger partial charge in [-0.2, -0.15) is 13.2 Å².